The Morgan fingerprint density at radius 1 is 1.37 bits per heavy atom. The summed E-state index contributed by atoms with van der Waals surface area (Å²) in [5, 5.41) is 20.4. The number of carbonyl (C=O) groups is 2. The highest BCUT2D eigenvalue weighted by Crippen LogP contribution is 2.29. The van der Waals surface area contributed by atoms with Gasteiger partial charge in [-0.2, -0.15) is 0 Å². The maximum absolute atomic E-state index is 11.3. The Hall–Kier alpha value is -2.38. The number of nitrogens with one attached hydrogen (secondary N) is 2. The molecule has 0 aliphatic carbocycles. The second-order valence-electron chi connectivity index (χ2n) is 4.70. The van der Waals surface area contributed by atoms with Crippen molar-refractivity contribution in [1.29, 1.82) is 0 Å². The van der Waals surface area contributed by atoms with Crippen molar-refractivity contribution in [2.24, 2.45) is 0 Å². The van der Waals surface area contributed by atoms with E-state index in [1.165, 1.54) is 0 Å². The third kappa shape index (κ3) is 5.19. The standard InChI is InChI=1S/C11H16N2O6/c1-11(2,3)19-10(17)12-5-8(15)18-6-4-7(14)13-9(6)16/h4,13-14,16H,5H2,1-3H3,(H,12,17). The van der Waals surface area contributed by atoms with Gasteiger partial charge in [0.2, 0.25) is 5.88 Å². The van der Waals surface area contributed by atoms with Crippen molar-refractivity contribution in [2.45, 2.75) is 26.4 Å². The van der Waals surface area contributed by atoms with Crippen molar-refractivity contribution < 1.29 is 29.3 Å². The molecule has 1 aromatic heterocycles. The van der Waals surface area contributed by atoms with E-state index in [9.17, 15) is 14.7 Å². The molecule has 0 saturated heterocycles. The Morgan fingerprint density at radius 3 is 2.47 bits per heavy atom. The molecule has 106 valence electrons. The summed E-state index contributed by atoms with van der Waals surface area (Å²) in [6.45, 7) is 4.63. The summed E-state index contributed by atoms with van der Waals surface area (Å²) < 4.78 is 9.61. The fraction of sp³-hybridized carbons (Fsp3) is 0.455. The van der Waals surface area contributed by atoms with Gasteiger partial charge in [0.15, 0.2) is 11.6 Å². The van der Waals surface area contributed by atoms with E-state index in [1.807, 2.05) is 0 Å². The van der Waals surface area contributed by atoms with Gasteiger partial charge in [0.05, 0.1) is 0 Å². The van der Waals surface area contributed by atoms with Crippen molar-refractivity contribution in [3.63, 3.8) is 0 Å². The summed E-state index contributed by atoms with van der Waals surface area (Å²) in [7, 11) is 0. The minimum Gasteiger partial charge on any atom is -0.494 e. The van der Waals surface area contributed by atoms with Crippen LogP contribution in [0, 0.1) is 0 Å². The monoisotopic (exact) mass is 272 g/mol. The predicted octanol–water partition coefficient (Wildman–Crippen LogP) is 0.856. The van der Waals surface area contributed by atoms with Crippen LogP contribution < -0.4 is 10.1 Å². The Labute approximate surface area is 109 Å². The summed E-state index contributed by atoms with van der Waals surface area (Å²) in [5.41, 5.74) is -0.668. The zero-order valence-electron chi connectivity index (χ0n) is 10.8. The highest BCUT2D eigenvalue weighted by Gasteiger charge is 2.18. The number of esters is 1. The van der Waals surface area contributed by atoms with Crippen LogP contribution in [0.5, 0.6) is 17.5 Å². The van der Waals surface area contributed by atoms with Gasteiger partial charge in [-0.3, -0.25) is 4.98 Å². The number of H-pyrrole nitrogens is 1. The number of aromatic amines is 1. The van der Waals surface area contributed by atoms with Gasteiger partial charge in [-0.1, -0.05) is 0 Å². The quantitative estimate of drug-likeness (QED) is 0.605. The van der Waals surface area contributed by atoms with Gasteiger partial charge >= 0.3 is 12.1 Å². The van der Waals surface area contributed by atoms with Gasteiger partial charge in [-0.15, -0.1) is 0 Å². The topological polar surface area (TPSA) is 121 Å². The molecular weight excluding hydrogens is 256 g/mol. The summed E-state index contributed by atoms with van der Waals surface area (Å²) in [5.74, 6) is -1.88. The third-order valence-electron chi connectivity index (χ3n) is 1.75. The van der Waals surface area contributed by atoms with E-state index in [2.05, 4.69) is 10.3 Å². The second kappa shape index (κ2) is 5.51. The van der Waals surface area contributed by atoms with E-state index < -0.39 is 30.1 Å². The molecule has 1 amide bonds. The van der Waals surface area contributed by atoms with Gasteiger partial charge in [0.1, 0.15) is 12.1 Å². The summed E-state index contributed by atoms with van der Waals surface area (Å²) >= 11 is 0. The molecule has 0 fully saturated rings. The lowest BCUT2D eigenvalue weighted by molar-refractivity contribution is -0.133. The molecule has 8 nitrogen and oxygen atoms in total. The summed E-state index contributed by atoms with van der Waals surface area (Å²) in [4.78, 5) is 24.7. The molecule has 19 heavy (non-hydrogen) atoms. The van der Waals surface area contributed by atoms with Crippen LogP contribution in [-0.4, -0.2) is 39.4 Å². The average molecular weight is 272 g/mol. The molecule has 0 atom stereocenters. The number of ether oxygens (including phenoxy) is 2. The number of amides is 1. The predicted molar refractivity (Wildman–Crippen MR) is 64.0 cm³/mol. The van der Waals surface area contributed by atoms with Gasteiger partial charge in [-0.25, -0.2) is 9.59 Å². The van der Waals surface area contributed by atoms with Crippen LogP contribution in [0.3, 0.4) is 0 Å². The van der Waals surface area contributed by atoms with Crippen molar-refractivity contribution in [1.82, 2.24) is 10.3 Å². The second-order valence-corrected chi connectivity index (χ2v) is 4.70. The van der Waals surface area contributed by atoms with Crippen molar-refractivity contribution >= 4 is 12.1 Å². The molecule has 0 unspecified atom stereocenters. The molecular formula is C11H16N2O6. The lowest BCUT2D eigenvalue weighted by Gasteiger charge is -2.19. The number of hydrogen-bond acceptors (Lipinski definition) is 6. The van der Waals surface area contributed by atoms with Crippen LogP contribution in [0.15, 0.2) is 6.07 Å². The van der Waals surface area contributed by atoms with Crippen LogP contribution in [0.25, 0.3) is 0 Å². The minimum absolute atomic E-state index is 0.228. The lowest BCUT2D eigenvalue weighted by Crippen LogP contribution is -2.36. The van der Waals surface area contributed by atoms with E-state index in [4.69, 9.17) is 14.6 Å². The van der Waals surface area contributed by atoms with Gasteiger partial charge in [-0.05, 0) is 20.8 Å². The summed E-state index contributed by atoms with van der Waals surface area (Å²) in [6, 6.07) is 1.03. The molecule has 0 aliphatic rings. The molecule has 0 spiro atoms. The molecule has 0 radical (unpaired) electrons. The average Bonchev–Trinajstić information content (AvgIpc) is 2.52. The zero-order chi connectivity index (χ0) is 14.6. The smallest absolute Gasteiger partial charge is 0.408 e. The van der Waals surface area contributed by atoms with Crippen LogP contribution in [-0.2, 0) is 9.53 Å². The number of hydrogen-bond donors (Lipinski definition) is 4. The SMILES string of the molecule is CC(C)(C)OC(=O)NCC(=O)Oc1cc(O)[nH]c1O. The van der Waals surface area contributed by atoms with Crippen LogP contribution in [0.1, 0.15) is 20.8 Å². The van der Waals surface area contributed by atoms with E-state index in [0.29, 0.717) is 0 Å². The maximum Gasteiger partial charge on any atom is 0.408 e. The van der Waals surface area contributed by atoms with Crippen molar-refractivity contribution in [2.75, 3.05) is 6.54 Å². The van der Waals surface area contributed by atoms with Gasteiger partial charge in [0, 0.05) is 6.07 Å². The van der Waals surface area contributed by atoms with Crippen LogP contribution in [0.2, 0.25) is 0 Å². The molecule has 0 saturated carbocycles. The largest absolute Gasteiger partial charge is 0.494 e. The van der Waals surface area contributed by atoms with Crippen LogP contribution >= 0.6 is 0 Å². The van der Waals surface area contributed by atoms with Gasteiger partial charge in [0.25, 0.3) is 0 Å². The molecule has 1 aromatic rings. The van der Waals surface area contributed by atoms with Crippen molar-refractivity contribution in [3.05, 3.63) is 6.07 Å². The lowest BCUT2D eigenvalue weighted by atomic mass is 10.2. The van der Waals surface area contributed by atoms with Gasteiger partial charge < -0.3 is 25.0 Å². The minimum atomic E-state index is -0.819. The maximum atomic E-state index is 11.3. The first-order chi connectivity index (χ1) is 8.67. The zero-order valence-corrected chi connectivity index (χ0v) is 10.8. The Balaban J connectivity index is 2.40. The highest BCUT2D eigenvalue weighted by atomic mass is 16.6. The van der Waals surface area contributed by atoms with Crippen LogP contribution in [0.4, 0.5) is 4.79 Å². The fourth-order valence-electron chi connectivity index (χ4n) is 1.11. The number of alkyl carbamates (subject to hydrolysis) is 1. The molecule has 8 heteroatoms. The molecule has 4 N–H and O–H groups in total. The van der Waals surface area contributed by atoms with E-state index in [-0.39, 0.29) is 11.6 Å². The van der Waals surface area contributed by atoms with E-state index in [0.717, 1.165) is 6.07 Å². The summed E-state index contributed by atoms with van der Waals surface area (Å²) in [6.07, 6.45) is -0.759. The Bertz CT molecular complexity index is 474. The van der Waals surface area contributed by atoms with E-state index in [1.54, 1.807) is 20.8 Å². The number of rotatable bonds is 3. The Morgan fingerprint density at radius 2 is 2.00 bits per heavy atom. The molecule has 0 aliphatic heterocycles. The van der Waals surface area contributed by atoms with E-state index >= 15 is 0 Å². The third-order valence-corrected chi connectivity index (χ3v) is 1.75. The fourth-order valence-corrected chi connectivity index (χ4v) is 1.11. The number of aromatic hydroxyl groups is 2. The number of carbonyl (C=O) groups excluding carboxylic acids is 2. The Kier molecular flexibility index (Phi) is 4.26. The molecule has 1 rings (SSSR count). The van der Waals surface area contributed by atoms with Crippen molar-refractivity contribution in [3.8, 4) is 17.5 Å². The number of aromatic nitrogens is 1. The molecule has 1 heterocycles. The first kappa shape index (κ1) is 14.7. The first-order valence-corrected chi connectivity index (χ1v) is 5.46. The first-order valence-electron chi connectivity index (χ1n) is 5.46. The highest BCUT2D eigenvalue weighted by molar-refractivity contribution is 5.80. The normalized spacial score (nSPS) is 10.9. The molecule has 0 bridgehead atoms. The molecule has 0 aromatic carbocycles.